The van der Waals surface area contributed by atoms with Crippen LogP contribution in [0.5, 0.6) is 0 Å². The first-order valence-corrected chi connectivity index (χ1v) is 3.19. The fourth-order valence-corrected chi connectivity index (χ4v) is 0.401. The van der Waals surface area contributed by atoms with Gasteiger partial charge in [0.1, 0.15) is 0 Å². The van der Waals surface area contributed by atoms with E-state index in [-0.39, 0.29) is 11.9 Å². The molecule has 0 radical (unpaired) electrons. The van der Waals surface area contributed by atoms with Gasteiger partial charge in [-0.05, 0) is 20.9 Å². The molecule has 0 bridgehead atoms. The first kappa shape index (κ1) is 9.43. The zero-order chi connectivity index (χ0) is 10.6. The second-order valence-corrected chi connectivity index (χ2v) is 1.96. The minimum Gasteiger partial charge on any atom is -0.365 e. The summed E-state index contributed by atoms with van der Waals surface area (Å²) >= 11 is 0. The topological polar surface area (TPSA) is 191 Å². The minimum atomic E-state index is 0.111. The van der Waals surface area contributed by atoms with Gasteiger partial charge in [0.15, 0.2) is 0 Å². The third kappa shape index (κ3) is 2.16. The molecule has 14 heavy (non-hydrogen) atoms. The third-order valence-corrected chi connectivity index (χ3v) is 1.04. The quantitative estimate of drug-likeness (QED) is 0.304. The van der Waals surface area contributed by atoms with E-state index in [9.17, 15) is 0 Å². The van der Waals surface area contributed by atoms with Crippen molar-refractivity contribution in [2.75, 3.05) is 23.2 Å². The Hall–Kier alpha value is -2.66. The lowest BCUT2D eigenvalue weighted by Gasteiger charge is -1.82. The van der Waals surface area contributed by atoms with Gasteiger partial charge in [0.05, 0.1) is 0 Å². The Labute approximate surface area is 76.8 Å². The van der Waals surface area contributed by atoms with Gasteiger partial charge in [0.25, 0.3) is 11.9 Å². The number of nitrogens with zero attached hydrogens (tertiary/aromatic N) is 8. The Morgan fingerprint density at radius 3 is 1.21 bits per heavy atom. The normalized spacial score (nSPS) is 9.14. The molecule has 0 fully saturated rings. The molecule has 0 aliphatic rings. The average molecular weight is 200 g/mol. The van der Waals surface area contributed by atoms with Crippen LogP contribution in [-0.4, -0.2) is 40.6 Å². The Morgan fingerprint density at radius 1 is 0.786 bits per heavy atom. The highest BCUT2D eigenvalue weighted by Crippen LogP contribution is 1.79. The molecule has 12 nitrogen and oxygen atoms in total. The van der Waals surface area contributed by atoms with Gasteiger partial charge in [-0.15, -0.1) is 9.58 Å². The summed E-state index contributed by atoms with van der Waals surface area (Å²) in [5, 5.41) is 19.3. The summed E-state index contributed by atoms with van der Waals surface area (Å²) in [6.07, 6.45) is 0. The summed E-state index contributed by atoms with van der Waals surface area (Å²) in [5.74, 6) is 10.2. The maximum Gasteiger partial charge on any atom is 0.260 e. The zero-order valence-corrected chi connectivity index (χ0v) is 6.89. The zero-order valence-electron chi connectivity index (χ0n) is 6.89. The molecule has 0 spiro atoms. The van der Waals surface area contributed by atoms with Crippen LogP contribution in [0, 0.1) is 0 Å². The van der Waals surface area contributed by atoms with Crippen molar-refractivity contribution >= 4 is 11.9 Å². The lowest BCUT2D eigenvalue weighted by Crippen LogP contribution is -2.13. The molecule has 8 N–H and O–H groups in total. The number of nitrogen functional groups attached to an aromatic ring is 4. The van der Waals surface area contributed by atoms with Crippen LogP contribution in [0.15, 0.2) is 0 Å². The summed E-state index contributed by atoms with van der Waals surface area (Å²) in [5.41, 5.74) is 10.1. The molecule has 2 heterocycles. The van der Waals surface area contributed by atoms with Crippen LogP contribution >= 0.6 is 0 Å². The van der Waals surface area contributed by atoms with Crippen LogP contribution in [0.2, 0.25) is 0 Å². The third-order valence-electron chi connectivity index (χ3n) is 1.04. The van der Waals surface area contributed by atoms with Crippen molar-refractivity contribution in [3.8, 4) is 0 Å². The summed E-state index contributed by atoms with van der Waals surface area (Å²) in [6.45, 7) is 0. The minimum absolute atomic E-state index is 0.111. The maximum absolute atomic E-state index is 5.04. The maximum atomic E-state index is 5.04. The van der Waals surface area contributed by atoms with E-state index in [0.717, 1.165) is 9.58 Å². The van der Waals surface area contributed by atoms with Crippen molar-refractivity contribution in [3.05, 3.63) is 0 Å². The van der Waals surface area contributed by atoms with Gasteiger partial charge < -0.3 is 23.2 Å². The second kappa shape index (κ2) is 3.83. The lowest BCUT2D eigenvalue weighted by atomic mass is 11.1. The average Bonchev–Trinajstić information content (AvgIpc) is 2.67. The van der Waals surface area contributed by atoms with Gasteiger partial charge in [0.2, 0.25) is 0 Å². The van der Waals surface area contributed by atoms with E-state index >= 15 is 0 Å². The monoisotopic (exact) mass is 200 g/mol. The summed E-state index contributed by atoms with van der Waals surface area (Å²) in [6, 6.07) is 0. The molecule has 0 saturated carbocycles. The van der Waals surface area contributed by atoms with Gasteiger partial charge >= 0.3 is 0 Å². The van der Waals surface area contributed by atoms with E-state index in [1.54, 1.807) is 0 Å². The van der Waals surface area contributed by atoms with Crippen molar-refractivity contribution in [2.45, 2.75) is 0 Å². The van der Waals surface area contributed by atoms with Gasteiger partial charge in [-0.1, -0.05) is 10.2 Å². The SMILES string of the molecule is Nc1nnnn1N.Nc1nnnn1N. The molecule has 2 aromatic rings. The number of hydrogen-bond donors (Lipinski definition) is 4. The van der Waals surface area contributed by atoms with Crippen LogP contribution in [0.1, 0.15) is 0 Å². The van der Waals surface area contributed by atoms with Crippen LogP contribution in [-0.2, 0) is 0 Å². The Kier molecular flexibility index (Phi) is 2.58. The number of anilines is 2. The second-order valence-electron chi connectivity index (χ2n) is 1.96. The van der Waals surface area contributed by atoms with E-state index < -0.39 is 0 Å². The first-order chi connectivity index (χ1) is 6.61. The predicted molar refractivity (Wildman–Crippen MR) is 44.8 cm³/mol. The number of aromatic nitrogens is 8. The van der Waals surface area contributed by atoms with E-state index in [2.05, 4.69) is 31.1 Å². The summed E-state index contributed by atoms with van der Waals surface area (Å²) in [7, 11) is 0. The van der Waals surface area contributed by atoms with E-state index in [1.807, 2.05) is 0 Å². The molecule has 12 heteroatoms. The largest absolute Gasteiger partial charge is 0.365 e. The molecule has 0 amide bonds. The standard InChI is InChI=1S/2CH4N6/c2*2-1-4-5-6-7(1)3/h2*3H2,(H2,2,4,6). The number of rotatable bonds is 0. The Morgan fingerprint density at radius 2 is 1.14 bits per heavy atom. The van der Waals surface area contributed by atoms with Crippen molar-refractivity contribution < 1.29 is 0 Å². The van der Waals surface area contributed by atoms with Crippen LogP contribution in [0.25, 0.3) is 0 Å². The van der Waals surface area contributed by atoms with Gasteiger partial charge in [-0.3, -0.25) is 0 Å². The van der Waals surface area contributed by atoms with Crippen LogP contribution in [0.3, 0.4) is 0 Å². The highest BCUT2D eigenvalue weighted by molar-refractivity contribution is 5.09. The van der Waals surface area contributed by atoms with Crippen molar-refractivity contribution in [3.63, 3.8) is 0 Å². The Bertz CT molecular complexity index is 311. The summed E-state index contributed by atoms with van der Waals surface area (Å²) < 4.78 is 0. The fraction of sp³-hybridized carbons (Fsp3) is 0. The first-order valence-electron chi connectivity index (χ1n) is 3.19. The lowest BCUT2D eigenvalue weighted by molar-refractivity contribution is 0.761. The van der Waals surface area contributed by atoms with Crippen molar-refractivity contribution in [1.29, 1.82) is 0 Å². The molecule has 0 atom stereocenters. The molecule has 2 rings (SSSR count). The van der Waals surface area contributed by atoms with Crippen molar-refractivity contribution in [1.82, 2.24) is 40.6 Å². The number of nitrogens with two attached hydrogens (primary N) is 4. The molecule has 0 unspecified atom stereocenters. The molecule has 0 saturated heterocycles. The molecule has 0 aliphatic carbocycles. The van der Waals surface area contributed by atoms with E-state index in [0.29, 0.717) is 0 Å². The molecule has 0 aromatic carbocycles. The summed E-state index contributed by atoms with van der Waals surface area (Å²) in [4.78, 5) is 1.78. The fourth-order valence-electron chi connectivity index (χ4n) is 0.401. The molecular formula is C2H8N12. The van der Waals surface area contributed by atoms with Crippen LogP contribution in [0.4, 0.5) is 11.9 Å². The van der Waals surface area contributed by atoms with Gasteiger partial charge in [-0.25, -0.2) is 0 Å². The molecule has 0 aliphatic heterocycles. The molecule has 76 valence electrons. The van der Waals surface area contributed by atoms with E-state index in [4.69, 9.17) is 23.2 Å². The smallest absolute Gasteiger partial charge is 0.260 e. The Balaban J connectivity index is 0.000000140. The predicted octanol–water partition coefficient (Wildman–Crippen LogP) is -4.06. The number of hydrogen-bond acceptors (Lipinski definition) is 10. The van der Waals surface area contributed by atoms with Crippen molar-refractivity contribution in [2.24, 2.45) is 0 Å². The highest BCUT2D eigenvalue weighted by atomic mass is 15.7. The van der Waals surface area contributed by atoms with Crippen LogP contribution < -0.4 is 23.2 Å². The highest BCUT2D eigenvalue weighted by Gasteiger charge is 1.90. The van der Waals surface area contributed by atoms with E-state index in [1.165, 1.54) is 0 Å². The number of tetrazole rings is 2. The molecular weight excluding hydrogens is 192 g/mol. The molecule has 2 aromatic heterocycles. The van der Waals surface area contributed by atoms with Gasteiger partial charge in [0, 0.05) is 0 Å². The van der Waals surface area contributed by atoms with Gasteiger partial charge in [-0.2, -0.15) is 0 Å².